The lowest BCUT2D eigenvalue weighted by molar-refractivity contribution is 0.986. The van der Waals surface area contributed by atoms with Gasteiger partial charge in [0.05, 0.1) is 22.1 Å². The molecule has 0 saturated heterocycles. The lowest BCUT2D eigenvalue weighted by atomic mass is 10.3. The molecule has 0 spiro atoms. The van der Waals surface area contributed by atoms with Gasteiger partial charge in [-0.15, -0.1) is 11.3 Å². The van der Waals surface area contributed by atoms with Gasteiger partial charge in [0.25, 0.3) is 5.56 Å². The van der Waals surface area contributed by atoms with Crippen LogP contribution in [-0.4, -0.2) is 20.9 Å². The van der Waals surface area contributed by atoms with Gasteiger partial charge in [-0.05, 0) is 19.1 Å². The van der Waals surface area contributed by atoms with Crippen molar-refractivity contribution in [2.75, 3.05) is 5.43 Å². The molecule has 0 aliphatic carbocycles. The number of hydrogen-bond acceptors (Lipinski definition) is 6. The standard InChI is InChI=1S/C13H10ClN5OS/c1-7(13-16-8-4-2-3-5-10(8)21-13)17-18-9-6-15-19-12(20)11(9)14/h2-6H,1H3,(H2,18,19,20)/b17-7-. The maximum Gasteiger partial charge on any atom is 0.285 e. The van der Waals surface area contributed by atoms with Crippen molar-refractivity contribution < 1.29 is 0 Å². The lowest BCUT2D eigenvalue weighted by Gasteiger charge is -2.02. The summed E-state index contributed by atoms with van der Waals surface area (Å²) in [6.45, 7) is 1.83. The van der Waals surface area contributed by atoms with Gasteiger partial charge in [-0.1, -0.05) is 23.7 Å². The summed E-state index contributed by atoms with van der Waals surface area (Å²) in [7, 11) is 0. The van der Waals surface area contributed by atoms with Crippen LogP contribution in [0, 0.1) is 0 Å². The van der Waals surface area contributed by atoms with Crippen LogP contribution in [0.3, 0.4) is 0 Å². The number of benzene rings is 1. The number of H-pyrrole nitrogens is 1. The second-order valence-corrected chi connectivity index (χ2v) is 5.63. The normalized spacial score (nSPS) is 11.8. The topological polar surface area (TPSA) is 83.0 Å². The number of nitrogens with one attached hydrogen (secondary N) is 2. The van der Waals surface area contributed by atoms with Crippen LogP contribution in [0.1, 0.15) is 11.9 Å². The van der Waals surface area contributed by atoms with E-state index in [0.29, 0.717) is 11.4 Å². The van der Waals surface area contributed by atoms with Crippen molar-refractivity contribution in [2.24, 2.45) is 5.10 Å². The average molecular weight is 320 g/mol. The van der Waals surface area contributed by atoms with Gasteiger partial charge >= 0.3 is 0 Å². The van der Waals surface area contributed by atoms with Gasteiger partial charge in [-0.2, -0.15) is 10.2 Å². The molecular weight excluding hydrogens is 310 g/mol. The molecule has 0 fully saturated rings. The Bertz CT molecular complexity index is 852. The minimum Gasteiger partial charge on any atom is -0.275 e. The van der Waals surface area contributed by atoms with E-state index in [4.69, 9.17) is 11.6 Å². The zero-order chi connectivity index (χ0) is 14.8. The number of hydrazone groups is 1. The number of hydrogen-bond donors (Lipinski definition) is 2. The maximum atomic E-state index is 11.3. The van der Waals surface area contributed by atoms with Gasteiger partial charge < -0.3 is 0 Å². The van der Waals surface area contributed by atoms with Gasteiger partial charge in [0, 0.05) is 0 Å². The van der Waals surface area contributed by atoms with Crippen LogP contribution >= 0.6 is 22.9 Å². The third-order valence-electron chi connectivity index (χ3n) is 2.74. The Labute approximate surface area is 128 Å². The molecule has 6 nitrogen and oxygen atoms in total. The fourth-order valence-corrected chi connectivity index (χ4v) is 2.72. The van der Waals surface area contributed by atoms with E-state index >= 15 is 0 Å². The van der Waals surface area contributed by atoms with Gasteiger partial charge in [0.1, 0.15) is 15.7 Å². The molecule has 3 rings (SSSR count). The summed E-state index contributed by atoms with van der Waals surface area (Å²) in [6, 6.07) is 7.87. The van der Waals surface area contributed by atoms with E-state index in [1.807, 2.05) is 31.2 Å². The van der Waals surface area contributed by atoms with Gasteiger partial charge in [-0.3, -0.25) is 10.2 Å². The average Bonchev–Trinajstić information content (AvgIpc) is 2.92. The molecule has 1 aromatic carbocycles. The van der Waals surface area contributed by atoms with Gasteiger partial charge in [0.15, 0.2) is 0 Å². The minimum absolute atomic E-state index is 0.0193. The molecule has 8 heteroatoms. The first-order chi connectivity index (χ1) is 10.1. The summed E-state index contributed by atoms with van der Waals surface area (Å²) in [5, 5.41) is 10.9. The van der Waals surface area contributed by atoms with Crippen molar-refractivity contribution in [1.82, 2.24) is 15.2 Å². The summed E-state index contributed by atoms with van der Waals surface area (Å²) >= 11 is 7.41. The molecule has 2 heterocycles. The van der Waals surface area contributed by atoms with Crippen LogP contribution in [-0.2, 0) is 0 Å². The predicted octanol–water partition coefficient (Wildman–Crippen LogP) is 2.87. The van der Waals surface area contributed by atoms with E-state index in [0.717, 1.165) is 15.2 Å². The summed E-state index contributed by atoms with van der Waals surface area (Å²) in [5.41, 5.74) is 4.26. The Balaban J connectivity index is 1.89. The Morgan fingerprint density at radius 2 is 2.24 bits per heavy atom. The summed E-state index contributed by atoms with van der Waals surface area (Å²) in [4.78, 5) is 15.8. The molecule has 0 saturated carbocycles. The number of aromatic nitrogens is 3. The smallest absolute Gasteiger partial charge is 0.275 e. The van der Waals surface area contributed by atoms with Gasteiger partial charge in [0.2, 0.25) is 0 Å². The highest BCUT2D eigenvalue weighted by Crippen LogP contribution is 2.22. The van der Waals surface area contributed by atoms with Crippen LogP contribution in [0.15, 0.2) is 40.4 Å². The highest BCUT2D eigenvalue weighted by atomic mass is 35.5. The lowest BCUT2D eigenvalue weighted by Crippen LogP contribution is -2.10. The number of halogens is 1. The first-order valence-corrected chi connectivity index (χ1v) is 7.24. The molecule has 2 N–H and O–H groups in total. The maximum absolute atomic E-state index is 11.3. The molecule has 106 valence electrons. The SMILES string of the molecule is C/C(=N/Nc1cn[nH]c(=O)c1Cl)c1nc2ccccc2s1. The molecular formula is C13H10ClN5OS. The van der Waals surface area contributed by atoms with Crippen molar-refractivity contribution in [2.45, 2.75) is 6.92 Å². The molecule has 21 heavy (non-hydrogen) atoms. The summed E-state index contributed by atoms with van der Waals surface area (Å²) in [6.07, 6.45) is 1.40. The van der Waals surface area contributed by atoms with Crippen molar-refractivity contribution in [1.29, 1.82) is 0 Å². The molecule has 0 unspecified atom stereocenters. The Kier molecular flexibility index (Phi) is 3.68. The molecule has 0 radical (unpaired) electrons. The van der Waals surface area contributed by atoms with Crippen LogP contribution in [0.2, 0.25) is 5.02 Å². The van der Waals surface area contributed by atoms with Crippen molar-refractivity contribution in [3.8, 4) is 0 Å². The summed E-state index contributed by atoms with van der Waals surface area (Å²) < 4.78 is 1.10. The molecule has 3 aromatic rings. The number of anilines is 1. The van der Waals surface area contributed by atoms with E-state index in [9.17, 15) is 4.79 Å². The number of fused-ring (bicyclic) bond motifs is 1. The summed E-state index contributed by atoms with van der Waals surface area (Å²) in [5.74, 6) is 0. The zero-order valence-electron chi connectivity index (χ0n) is 10.9. The van der Waals surface area contributed by atoms with Crippen molar-refractivity contribution >= 4 is 44.6 Å². The monoisotopic (exact) mass is 319 g/mol. The van der Waals surface area contributed by atoms with Crippen LogP contribution in [0.25, 0.3) is 10.2 Å². The molecule has 0 aliphatic rings. The molecule has 0 bridgehead atoms. The van der Waals surface area contributed by atoms with Crippen molar-refractivity contribution in [3.63, 3.8) is 0 Å². The molecule has 0 amide bonds. The van der Waals surface area contributed by atoms with Crippen LogP contribution < -0.4 is 11.0 Å². The Morgan fingerprint density at radius 3 is 3.05 bits per heavy atom. The highest BCUT2D eigenvalue weighted by Gasteiger charge is 2.07. The van der Waals surface area contributed by atoms with E-state index in [2.05, 4.69) is 25.7 Å². The third kappa shape index (κ3) is 2.79. The quantitative estimate of drug-likeness (QED) is 0.574. The highest BCUT2D eigenvalue weighted by molar-refractivity contribution is 7.20. The van der Waals surface area contributed by atoms with Crippen LogP contribution in [0.5, 0.6) is 0 Å². The number of thiazole rings is 1. The second-order valence-electron chi connectivity index (χ2n) is 4.22. The number of para-hydroxylation sites is 1. The van der Waals surface area contributed by atoms with E-state index < -0.39 is 5.56 Å². The number of nitrogens with zero attached hydrogens (tertiary/aromatic N) is 3. The molecule has 2 aromatic heterocycles. The third-order valence-corrected chi connectivity index (χ3v) is 4.26. The van der Waals surface area contributed by atoms with E-state index in [1.165, 1.54) is 6.20 Å². The minimum atomic E-state index is -0.463. The van der Waals surface area contributed by atoms with E-state index in [1.54, 1.807) is 11.3 Å². The van der Waals surface area contributed by atoms with E-state index in [-0.39, 0.29) is 5.02 Å². The number of aromatic amines is 1. The zero-order valence-corrected chi connectivity index (χ0v) is 12.5. The first kappa shape index (κ1) is 13.7. The largest absolute Gasteiger partial charge is 0.285 e. The van der Waals surface area contributed by atoms with Gasteiger partial charge in [-0.25, -0.2) is 10.1 Å². The Morgan fingerprint density at radius 1 is 1.43 bits per heavy atom. The molecule has 0 aliphatic heterocycles. The molecule has 0 atom stereocenters. The van der Waals surface area contributed by atoms with Crippen molar-refractivity contribution in [3.05, 3.63) is 50.8 Å². The second kappa shape index (κ2) is 5.63. The Hall–Kier alpha value is -2.25. The predicted molar refractivity (Wildman–Crippen MR) is 85.3 cm³/mol. The van der Waals surface area contributed by atoms with Crippen LogP contribution in [0.4, 0.5) is 5.69 Å². The first-order valence-electron chi connectivity index (χ1n) is 6.04. The fourth-order valence-electron chi connectivity index (χ4n) is 1.68. The number of rotatable bonds is 3. The fraction of sp³-hybridized carbons (Fsp3) is 0.0769.